The van der Waals surface area contributed by atoms with E-state index < -0.39 is 0 Å². The Kier molecular flexibility index (Phi) is 2.52. The van der Waals surface area contributed by atoms with E-state index in [-0.39, 0.29) is 0 Å². The van der Waals surface area contributed by atoms with Crippen LogP contribution in [0.3, 0.4) is 0 Å². The van der Waals surface area contributed by atoms with Crippen LogP contribution in [0.2, 0.25) is 0 Å². The lowest BCUT2D eigenvalue weighted by Crippen LogP contribution is -2.43. The van der Waals surface area contributed by atoms with Crippen molar-refractivity contribution < 1.29 is 0 Å². The standard InChI is InChI=1S/C16H19NS/c17-3-1-12-2-4-18-16(12)15-13-6-10-5-11(8-13)9-14(15)7-10/h2,4,10-11,13-15H,1,5-9H2. The maximum absolute atomic E-state index is 8.97. The van der Waals surface area contributed by atoms with Crippen LogP contribution in [0.25, 0.3) is 0 Å². The van der Waals surface area contributed by atoms with Crippen LogP contribution in [0, 0.1) is 35.0 Å². The van der Waals surface area contributed by atoms with Crippen molar-refractivity contribution in [1.29, 1.82) is 5.26 Å². The monoisotopic (exact) mass is 257 g/mol. The molecule has 1 heterocycles. The van der Waals surface area contributed by atoms with Gasteiger partial charge >= 0.3 is 0 Å². The molecule has 0 aromatic carbocycles. The molecule has 4 aliphatic rings. The zero-order chi connectivity index (χ0) is 12.1. The van der Waals surface area contributed by atoms with Gasteiger partial charge in [0.25, 0.3) is 0 Å². The van der Waals surface area contributed by atoms with Gasteiger partial charge in [0.2, 0.25) is 0 Å². The Morgan fingerprint density at radius 2 is 1.78 bits per heavy atom. The molecule has 0 N–H and O–H groups in total. The predicted molar refractivity (Wildman–Crippen MR) is 73.4 cm³/mol. The minimum atomic E-state index is 0.613. The summed E-state index contributed by atoms with van der Waals surface area (Å²) < 4.78 is 0. The number of hydrogen-bond acceptors (Lipinski definition) is 2. The van der Waals surface area contributed by atoms with Gasteiger partial charge in [-0.2, -0.15) is 5.26 Å². The van der Waals surface area contributed by atoms with E-state index in [9.17, 15) is 0 Å². The quantitative estimate of drug-likeness (QED) is 0.772. The molecule has 4 fully saturated rings. The third-order valence-corrected chi connectivity index (χ3v) is 6.64. The Morgan fingerprint density at radius 1 is 1.11 bits per heavy atom. The van der Waals surface area contributed by atoms with Crippen molar-refractivity contribution in [3.8, 4) is 6.07 Å². The Morgan fingerprint density at radius 3 is 2.39 bits per heavy atom. The summed E-state index contributed by atoms with van der Waals surface area (Å²) in [6.07, 6.45) is 8.03. The van der Waals surface area contributed by atoms with Gasteiger partial charge in [-0.1, -0.05) is 0 Å². The highest BCUT2D eigenvalue weighted by Crippen LogP contribution is 2.60. The molecule has 4 aliphatic carbocycles. The first-order valence-electron chi connectivity index (χ1n) is 7.28. The predicted octanol–water partition coefficient (Wildman–Crippen LogP) is 4.35. The summed E-state index contributed by atoms with van der Waals surface area (Å²) >= 11 is 1.92. The number of rotatable bonds is 2. The van der Waals surface area contributed by atoms with Gasteiger partial charge < -0.3 is 0 Å². The number of thiophene rings is 1. The highest BCUT2D eigenvalue weighted by molar-refractivity contribution is 7.10. The molecular weight excluding hydrogens is 238 g/mol. The van der Waals surface area contributed by atoms with Crippen molar-refractivity contribution in [2.45, 2.75) is 44.4 Å². The van der Waals surface area contributed by atoms with E-state index in [0.29, 0.717) is 6.42 Å². The van der Waals surface area contributed by atoms with E-state index in [1.807, 2.05) is 11.3 Å². The van der Waals surface area contributed by atoms with Crippen molar-refractivity contribution >= 4 is 11.3 Å². The fourth-order valence-corrected chi connectivity index (χ4v) is 6.44. The molecule has 18 heavy (non-hydrogen) atoms. The van der Waals surface area contributed by atoms with Crippen LogP contribution in [0.4, 0.5) is 0 Å². The second-order valence-corrected chi connectivity index (χ2v) is 7.55. The van der Waals surface area contributed by atoms with Gasteiger partial charge in [-0.15, -0.1) is 11.3 Å². The molecule has 1 aromatic heterocycles. The molecule has 0 amide bonds. The Labute approximate surface area is 113 Å². The highest BCUT2D eigenvalue weighted by atomic mass is 32.1. The van der Waals surface area contributed by atoms with Gasteiger partial charge in [0.15, 0.2) is 0 Å². The van der Waals surface area contributed by atoms with Gasteiger partial charge in [0.05, 0.1) is 12.5 Å². The van der Waals surface area contributed by atoms with E-state index in [1.165, 1.54) is 37.7 Å². The SMILES string of the molecule is N#CCc1ccsc1C1C2CC3CC(C2)CC1C3. The molecule has 1 nitrogen and oxygen atoms in total. The van der Waals surface area contributed by atoms with Gasteiger partial charge in [-0.25, -0.2) is 0 Å². The fraction of sp³-hybridized carbons (Fsp3) is 0.688. The smallest absolute Gasteiger partial charge is 0.0670 e. The zero-order valence-corrected chi connectivity index (χ0v) is 11.5. The van der Waals surface area contributed by atoms with Crippen LogP contribution in [0.5, 0.6) is 0 Å². The summed E-state index contributed by atoms with van der Waals surface area (Å²) in [5, 5.41) is 11.2. The third-order valence-electron chi connectivity index (χ3n) is 5.58. The normalized spacial score (nSPS) is 40.9. The second-order valence-electron chi connectivity index (χ2n) is 6.60. The van der Waals surface area contributed by atoms with Crippen molar-refractivity contribution in [3.05, 3.63) is 21.9 Å². The first-order chi connectivity index (χ1) is 8.85. The van der Waals surface area contributed by atoms with Crippen molar-refractivity contribution in [2.24, 2.45) is 23.7 Å². The third kappa shape index (κ3) is 1.57. The number of hydrogen-bond donors (Lipinski definition) is 0. The molecule has 0 saturated heterocycles. The molecule has 1 aromatic rings. The minimum absolute atomic E-state index is 0.613. The average Bonchev–Trinajstić information content (AvgIpc) is 2.76. The van der Waals surface area contributed by atoms with Crippen molar-refractivity contribution in [3.63, 3.8) is 0 Å². The summed E-state index contributed by atoms with van der Waals surface area (Å²) in [6, 6.07) is 4.53. The molecule has 0 aliphatic heterocycles. The summed E-state index contributed by atoms with van der Waals surface area (Å²) in [7, 11) is 0. The van der Waals surface area contributed by atoms with Gasteiger partial charge in [0.1, 0.15) is 0 Å². The van der Waals surface area contributed by atoms with Crippen LogP contribution in [0.1, 0.15) is 48.5 Å². The zero-order valence-electron chi connectivity index (χ0n) is 10.6. The van der Waals surface area contributed by atoms with E-state index in [4.69, 9.17) is 5.26 Å². The van der Waals surface area contributed by atoms with E-state index in [0.717, 1.165) is 29.6 Å². The molecule has 4 bridgehead atoms. The van der Waals surface area contributed by atoms with Gasteiger partial charge in [0, 0.05) is 4.88 Å². The summed E-state index contributed by atoms with van der Waals surface area (Å²) in [6.45, 7) is 0. The van der Waals surface area contributed by atoms with E-state index in [2.05, 4.69) is 17.5 Å². The summed E-state index contributed by atoms with van der Waals surface area (Å²) in [4.78, 5) is 1.57. The molecule has 0 radical (unpaired) electrons. The van der Waals surface area contributed by atoms with Crippen LogP contribution in [0.15, 0.2) is 11.4 Å². The Balaban J connectivity index is 1.68. The Bertz CT molecular complexity index is 467. The average molecular weight is 257 g/mol. The van der Waals surface area contributed by atoms with E-state index in [1.54, 1.807) is 4.88 Å². The molecule has 5 rings (SSSR count). The first kappa shape index (κ1) is 11.1. The molecule has 94 valence electrons. The molecule has 0 atom stereocenters. The highest BCUT2D eigenvalue weighted by Gasteiger charge is 2.49. The molecule has 2 heteroatoms. The van der Waals surface area contributed by atoms with Crippen molar-refractivity contribution in [1.82, 2.24) is 0 Å². The molecule has 0 unspecified atom stereocenters. The van der Waals surface area contributed by atoms with Crippen LogP contribution >= 0.6 is 11.3 Å². The summed E-state index contributed by atoms with van der Waals surface area (Å²) in [5.41, 5.74) is 1.33. The Hall–Kier alpha value is -0.810. The lowest BCUT2D eigenvalue weighted by Gasteiger charge is -2.54. The fourth-order valence-electron chi connectivity index (χ4n) is 5.22. The van der Waals surface area contributed by atoms with Crippen LogP contribution in [-0.4, -0.2) is 0 Å². The first-order valence-corrected chi connectivity index (χ1v) is 8.16. The van der Waals surface area contributed by atoms with E-state index >= 15 is 0 Å². The number of nitriles is 1. The second kappa shape index (κ2) is 4.10. The van der Waals surface area contributed by atoms with Gasteiger partial charge in [-0.05, 0) is 78.7 Å². The molecular formula is C16H19NS. The minimum Gasteiger partial charge on any atom is -0.198 e. The molecule has 4 saturated carbocycles. The maximum atomic E-state index is 8.97. The van der Waals surface area contributed by atoms with Crippen LogP contribution in [-0.2, 0) is 6.42 Å². The lowest BCUT2D eigenvalue weighted by atomic mass is 9.51. The maximum Gasteiger partial charge on any atom is 0.0670 e. The largest absolute Gasteiger partial charge is 0.198 e. The van der Waals surface area contributed by atoms with Crippen molar-refractivity contribution in [2.75, 3.05) is 0 Å². The molecule has 0 spiro atoms. The summed E-state index contributed by atoms with van der Waals surface area (Å²) in [5.74, 6) is 4.78. The van der Waals surface area contributed by atoms with Gasteiger partial charge in [-0.3, -0.25) is 0 Å². The van der Waals surface area contributed by atoms with Crippen LogP contribution < -0.4 is 0 Å². The lowest BCUT2D eigenvalue weighted by molar-refractivity contribution is -0.00182. The number of nitrogens with zero attached hydrogens (tertiary/aromatic N) is 1. The topological polar surface area (TPSA) is 23.8 Å².